The topological polar surface area (TPSA) is 114 Å². The molecular weight excluding hydrogens is 383 g/mol. The van der Waals surface area contributed by atoms with Crippen LogP contribution in [-0.2, 0) is 10.0 Å². The molecule has 3 rings (SSSR count). The number of aryl methyl sites for hydroxylation is 1. The van der Waals surface area contributed by atoms with E-state index in [9.17, 15) is 17.6 Å². The summed E-state index contributed by atoms with van der Waals surface area (Å²) in [5, 5.41) is 10.2. The van der Waals surface area contributed by atoms with Gasteiger partial charge in [-0.1, -0.05) is 12.1 Å². The van der Waals surface area contributed by atoms with Gasteiger partial charge < -0.3 is 10.6 Å². The van der Waals surface area contributed by atoms with Gasteiger partial charge in [0.05, 0.1) is 22.8 Å². The summed E-state index contributed by atoms with van der Waals surface area (Å²) in [7, 11) is -3.98. The lowest BCUT2D eigenvalue weighted by molar-refractivity contribution is 0.262. The molecule has 7 nitrogen and oxygen atoms in total. The van der Waals surface area contributed by atoms with E-state index in [0.29, 0.717) is 17.1 Å². The Bertz CT molecular complexity index is 1130. The molecule has 1 heterocycles. The molecule has 2 amide bonds. The predicted octanol–water partition coefficient (Wildman–Crippen LogP) is 3.49. The van der Waals surface area contributed by atoms with Crippen LogP contribution in [0.1, 0.15) is 5.69 Å². The van der Waals surface area contributed by atoms with Crippen molar-refractivity contribution in [3.05, 3.63) is 72.2 Å². The molecule has 1 aromatic heterocycles. The fourth-order valence-corrected chi connectivity index (χ4v) is 3.26. The lowest BCUT2D eigenvalue weighted by atomic mass is 10.1. The molecule has 0 aliphatic rings. The molecule has 28 heavy (non-hydrogen) atoms. The van der Waals surface area contributed by atoms with E-state index in [1.165, 1.54) is 30.3 Å². The number of aromatic nitrogens is 1. The van der Waals surface area contributed by atoms with Crippen LogP contribution in [0.4, 0.5) is 20.6 Å². The second kappa shape index (κ2) is 7.75. The number of carbonyl (C=O) groups excluding carboxylic acids is 1. The Labute approximate surface area is 161 Å². The first kappa shape index (κ1) is 19.5. The number of nitrogens with one attached hydrogen (secondary N) is 2. The molecule has 0 unspecified atom stereocenters. The molecule has 0 aliphatic heterocycles. The molecule has 3 aromatic rings. The Morgan fingerprint density at radius 1 is 0.964 bits per heavy atom. The fourth-order valence-electron chi connectivity index (χ4n) is 2.57. The number of pyridine rings is 1. The zero-order valence-corrected chi connectivity index (χ0v) is 15.6. The minimum Gasteiger partial charge on any atom is -0.306 e. The van der Waals surface area contributed by atoms with Crippen LogP contribution >= 0.6 is 0 Å². The van der Waals surface area contributed by atoms with E-state index >= 15 is 0 Å². The van der Waals surface area contributed by atoms with Crippen molar-refractivity contribution < 1.29 is 17.6 Å². The third-order valence-corrected chi connectivity index (χ3v) is 4.88. The van der Waals surface area contributed by atoms with Crippen LogP contribution < -0.4 is 15.8 Å². The molecule has 0 aliphatic carbocycles. The van der Waals surface area contributed by atoms with E-state index in [1.54, 1.807) is 37.3 Å². The van der Waals surface area contributed by atoms with Gasteiger partial charge in [-0.2, -0.15) is 0 Å². The number of hydrogen-bond donors (Lipinski definition) is 3. The normalized spacial score (nSPS) is 11.1. The van der Waals surface area contributed by atoms with Gasteiger partial charge >= 0.3 is 6.03 Å². The number of anilines is 2. The van der Waals surface area contributed by atoms with Crippen LogP contribution in [0.25, 0.3) is 11.3 Å². The third kappa shape index (κ3) is 4.51. The SMILES string of the molecule is Cc1nc(-c2ccc(F)cc2)ccc1NC(=O)Nc1ccccc1S(N)(=O)=O. The number of para-hydroxylation sites is 1. The van der Waals surface area contributed by atoms with Crippen LogP contribution in [0, 0.1) is 12.7 Å². The van der Waals surface area contributed by atoms with Gasteiger partial charge in [0.15, 0.2) is 0 Å². The molecule has 0 bridgehead atoms. The number of rotatable bonds is 4. The van der Waals surface area contributed by atoms with Crippen LogP contribution in [0.15, 0.2) is 65.6 Å². The number of urea groups is 1. The highest BCUT2D eigenvalue weighted by molar-refractivity contribution is 7.89. The van der Waals surface area contributed by atoms with Crippen molar-refractivity contribution in [1.29, 1.82) is 0 Å². The summed E-state index contributed by atoms with van der Waals surface area (Å²) in [5.74, 6) is -0.338. The summed E-state index contributed by atoms with van der Waals surface area (Å²) < 4.78 is 36.3. The molecule has 4 N–H and O–H groups in total. The number of hydrogen-bond acceptors (Lipinski definition) is 4. The standard InChI is InChI=1S/C19H17FN4O3S/c1-12-15(10-11-16(22-12)13-6-8-14(20)9-7-13)23-19(25)24-17-4-2-3-5-18(17)28(21,26)27/h2-11H,1H3,(H2,21,26,27)(H2,23,24,25). The van der Waals surface area contributed by atoms with E-state index in [1.807, 2.05) is 0 Å². The molecule has 0 spiro atoms. The Kier molecular flexibility index (Phi) is 5.39. The minimum absolute atomic E-state index is 0.0658. The molecule has 0 radical (unpaired) electrons. The molecular formula is C19H17FN4O3S. The van der Waals surface area contributed by atoms with Gasteiger partial charge in [-0.05, 0) is 55.5 Å². The van der Waals surface area contributed by atoms with E-state index < -0.39 is 16.1 Å². The quantitative estimate of drug-likeness (QED) is 0.622. The first-order valence-electron chi connectivity index (χ1n) is 8.17. The smallest absolute Gasteiger partial charge is 0.306 e. The minimum atomic E-state index is -3.98. The number of sulfonamides is 1. The van der Waals surface area contributed by atoms with E-state index in [2.05, 4.69) is 15.6 Å². The second-order valence-corrected chi connectivity index (χ2v) is 7.49. The third-order valence-electron chi connectivity index (χ3n) is 3.92. The monoisotopic (exact) mass is 400 g/mol. The predicted molar refractivity (Wildman–Crippen MR) is 105 cm³/mol. The maximum Gasteiger partial charge on any atom is 0.323 e. The largest absolute Gasteiger partial charge is 0.323 e. The Balaban J connectivity index is 1.77. The number of carbonyl (C=O) groups is 1. The lowest BCUT2D eigenvalue weighted by Crippen LogP contribution is -2.23. The first-order chi connectivity index (χ1) is 13.2. The molecule has 9 heteroatoms. The van der Waals surface area contributed by atoms with Gasteiger partial charge in [0.2, 0.25) is 10.0 Å². The summed E-state index contributed by atoms with van der Waals surface area (Å²) in [6, 6.07) is 14.4. The highest BCUT2D eigenvalue weighted by Gasteiger charge is 2.15. The van der Waals surface area contributed by atoms with Gasteiger partial charge in [-0.15, -0.1) is 0 Å². The van der Waals surface area contributed by atoms with Crippen LogP contribution in [0.3, 0.4) is 0 Å². The molecule has 144 valence electrons. The fraction of sp³-hybridized carbons (Fsp3) is 0.0526. The van der Waals surface area contributed by atoms with Gasteiger partial charge in [0.25, 0.3) is 0 Å². The zero-order valence-electron chi connectivity index (χ0n) is 14.8. The van der Waals surface area contributed by atoms with Crippen molar-refractivity contribution in [1.82, 2.24) is 4.98 Å². The Hall–Kier alpha value is -3.30. The van der Waals surface area contributed by atoms with Crippen LogP contribution in [0.2, 0.25) is 0 Å². The first-order valence-corrected chi connectivity index (χ1v) is 9.72. The lowest BCUT2D eigenvalue weighted by Gasteiger charge is -2.12. The van der Waals surface area contributed by atoms with Gasteiger partial charge in [-0.25, -0.2) is 22.7 Å². The summed E-state index contributed by atoms with van der Waals surface area (Å²) in [6.45, 7) is 1.71. The maximum atomic E-state index is 13.0. The molecule has 0 atom stereocenters. The number of primary sulfonamides is 1. The molecule has 0 fully saturated rings. The van der Waals surface area contributed by atoms with Crippen molar-refractivity contribution in [2.75, 3.05) is 10.6 Å². The Morgan fingerprint density at radius 2 is 1.61 bits per heavy atom. The summed E-state index contributed by atoms with van der Waals surface area (Å²) >= 11 is 0. The van der Waals surface area contributed by atoms with Crippen molar-refractivity contribution in [2.45, 2.75) is 11.8 Å². The molecule has 2 aromatic carbocycles. The van der Waals surface area contributed by atoms with Crippen LogP contribution in [0.5, 0.6) is 0 Å². The van der Waals surface area contributed by atoms with Crippen molar-refractivity contribution >= 4 is 27.4 Å². The molecule has 0 saturated carbocycles. The van der Waals surface area contributed by atoms with E-state index in [-0.39, 0.29) is 16.4 Å². The average Bonchev–Trinajstić information content (AvgIpc) is 2.63. The number of benzene rings is 2. The zero-order chi connectivity index (χ0) is 20.3. The second-order valence-electron chi connectivity index (χ2n) is 5.96. The van der Waals surface area contributed by atoms with Gasteiger partial charge in [0.1, 0.15) is 10.7 Å². The number of nitrogens with zero attached hydrogens (tertiary/aromatic N) is 1. The Morgan fingerprint density at radius 3 is 2.25 bits per heavy atom. The maximum absolute atomic E-state index is 13.0. The number of halogens is 1. The summed E-state index contributed by atoms with van der Waals surface area (Å²) in [4.78, 5) is 16.5. The van der Waals surface area contributed by atoms with E-state index in [0.717, 1.165) is 5.56 Å². The van der Waals surface area contributed by atoms with Crippen molar-refractivity contribution in [3.8, 4) is 11.3 Å². The van der Waals surface area contributed by atoms with Crippen LogP contribution in [-0.4, -0.2) is 19.4 Å². The highest BCUT2D eigenvalue weighted by Crippen LogP contribution is 2.23. The van der Waals surface area contributed by atoms with Crippen molar-refractivity contribution in [3.63, 3.8) is 0 Å². The average molecular weight is 400 g/mol. The van der Waals surface area contributed by atoms with Gasteiger partial charge in [0, 0.05) is 5.56 Å². The number of amides is 2. The van der Waals surface area contributed by atoms with E-state index in [4.69, 9.17) is 5.14 Å². The highest BCUT2D eigenvalue weighted by atomic mass is 32.2. The summed E-state index contributed by atoms with van der Waals surface area (Å²) in [5.41, 5.74) is 2.41. The van der Waals surface area contributed by atoms with Crippen molar-refractivity contribution in [2.24, 2.45) is 5.14 Å². The summed E-state index contributed by atoms with van der Waals surface area (Å²) in [6.07, 6.45) is 0. The van der Waals surface area contributed by atoms with Gasteiger partial charge in [-0.3, -0.25) is 4.98 Å². The molecule has 0 saturated heterocycles. The number of nitrogens with two attached hydrogens (primary N) is 1.